The summed E-state index contributed by atoms with van der Waals surface area (Å²) in [6, 6.07) is 6.27. The fourth-order valence-corrected chi connectivity index (χ4v) is 1.78. The number of rotatable bonds is 6. The SMILES string of the molecule is CCNC(=O)CCNCc1ccc(Br)c(C)c1. The lowest BCUT2D eigenvalue weighted by molar-refractivity contribution is -0.120. The molecule has 0 spiro atoms. The summed E-state index contributed by atoms with van der Waals surface area (Å²) < 4.78 is 1.13. The molecule has 0 heterocycles. The van der Waals surface area contributed by atoms with Crippen LogP contribution in [0.15, 0.2) is 22.7 Å². The Bertz CT molecular complexity index is 380. The highest BCUT2D eigenvalue weighted by Crippen LogP contribution is 2.16. The lowest BCUT2D eigenvalue weighted by atomic mass is 10.1. The van der Waals surface area contributed by atoms with Crippen molar-refractivity contribution in [3.05, 3.63) is 33.8 Å². The Morgan fingerprint density at radius 3 is 2.82 bits per heavy atom. The van der Waals surface area contributed by atoms with Crippen LogP contribution in [0, 0.1) is 6.92 Å². The van der Waals surface area contributed by atoms with Crippen LogP contribution in [-0.4, -0.2) is 19.0 Å². The molecule has 1 aromatic carbocycles. The molecule has 0 radical (unpaired) electrons. The second kappa shape index (κ2) is 7.45. The number of amides is 1. The molecule has 94 valence electrons. The van der Waals surface area contributed by atoms with Crippen LogP contribution in [-0.2, 0) is 11.3 Å². The van der Waals surface area contributed by atoms with Gasteiger partial charge in [0.2, 0.25) is 5.91 Å². The van der Waals surface area contributed by atoms with E-state index < -0.39 is 0 Å². The molecular formula is C13H19BrN2O. The fourth-order valence-electron chi connectivity index (χ4n) is 1.54. The second-order valence-corrected chi connectivity index (χ2v) is 4.82. The average molecular weight is 299 g/mol. The average Bonchev–Trinajstić information content (AvgIpc) is 2.29. The molecule has 4 heteroatoms. The Labute approximate surface area is 111 Å². The number of carbonyl (C=O) groups excluding carboxylic acids is 1. The van der Waals surface area contributed by atoms with Gasteiger partial charge in [-0.1, -0.05) is 28.1 Å². The molecule has 3 nitrogen and oxygen atoms in total. The third-order valence-corrected chi connectivity index (χ3v) is 3.34. The van der Waals surface area contributed by atoms with Gasteiger partial charge in [-0.25, -0.2) is 0 Å². The van der Waals surface area contributed by atoms with Gasteiger partial charge in [0, 0.05) is 30.5 Å². The van der Waals surface area contributed by atoms with Crippen molar-refractivity contribution in [1.29, 1.82) is 0 Å². The van der Waals surface area contributed by atoms with Crippen LogP contribution in [0.3, 0.4) is 0 Å². The van der Waals surface area contributed by atoms with Crippen LogP contribution >= 0.6 is 15.9 Å². The molecule has 0 saturated heterocycles. The number of halogens is 1. The molecule has 0 aliphatic heterocycles. The van der Waals surface area contributed by atoms with Crippen molar-refractivity contribution in [2.75, 3.05) is 13.1 Å². The number of benzene rings is 1. The molecule has 2 N–H and O–H groups in total. The molecular weight excluding hydrogens is 280 g/mol. The molecule has 0 saturated carbocycles. The minimum atomic E-state index is 0.104. The number of carbonyl (C=O) groups is 1. The van der Waals surface area contributed by atoms with Crippen molar-refractivity contribution < 1.29 is 4.79 Å². The molecule has 1 rings (SSSR count). The summed E-state index contributed by atoms with van der Waals surface area (Å²) in [4.78, 5) is 11.2. The Morgan fingerprint density at radius 1 is 1.41 bits per heavy atom. The predicted molar refractivity (Wildman–Crippen MR) is 73.9 cm³/mol. The molecule has 0 atom stereocenters. The lowest BCUT2D eigenvalue weighted by Gasteiger charge is -2.06. The van der Waals surface area contributed by atoms with E-state index in [1.54, 1.807) is 0 Å². The number of nitrogens with one attached hydrogen (secondary N) is 2. The summed E-state index contributed by atoms with van der Waals surface area (Å²) in [6.07, 6.45) is 0.531. The van der Waals surface area contributed by atoms with Gasteiger partial charge in [-0.3, -0.25) is 4.79 Å². The zero-order valence-corrected chi connectivity index (χ0v) is 11.9. The summed E-state index contributed by atoms with van der Waals surface area (Å²) in [5.74, 6) is 0.104. The fraction of sp³-hybridized carbons (Fsp3) is 0.462. The van der Waals surface area contributed by atoms with Gasteiger partial charge in [-0.2, -0.15) is 0 Å². The molecule has 0 bridgehead atoms. The van der Waals surface area contributed by atoms with Crippen molar-refractivity contribution in [2.45, 2.75) is 26.8 Å². The minimum Gasteiger partial charge on any atom is -0.356 e. The predicted octanol–water partition coefficient (Wildman–Crippen LogP) is 2.37. The van der Waals surface area contributed by atoms with Crippen LogP contribution in [0.25, 0.3) is 0 Å². The largest absolute Gasteiger partial charge is 0.356 e. The van der Waals surface area contributed by atoms with E-state index in [1.165, 1.54) is 11.1 Å². The first kappa shape index (κ1) is 14.2. The highest BCUT2D eigenvalue weighted by molar-refractivity contribution is 9.10. The summed E-state index contributed by atoms with van der Waals surface area (Å²) in [5, 5.41) is 6.04. The molecule has 17 heavy (non-hydrogen) atoms. The Balaban J connectivity index is 2.26. The standard InChI is InChI=1S/C13H19BrN2O/c1-3-16-13(17)6-7-15-9-11-4-5-12(14)10(2)8-11/h4-5,8,15H,3,6-7,9H2,1-2H3,(H,16,17). The first-order chi connectivity index (χ1) is 8.13. The Morgan fingerprint density at radius 2 is 2.18 bits per heavy atom. The van der Waals surface area contributed by atoms with Crippen LogP contribution in [0.2, 0.25) is 0 Å². The summed E-state index contributed by atoms with van der Waals surface area (Å²) >= 11 is 3.47. The zero-order chi connectivity index (χ0) is 12.7. The molecule has 0 aromatic heterocycles. The monoisotopic (exact) mass is 298 g/mol. The first-order valence-electron chi connectivity index (χ1n) is 5.86. The van der Waals surface area contributed by atoms with Crippen LogP contribution in [0.4, 0.5) is 0 Å². The third kappa shape index (κ3) is 5.33. The maximum absolute atomic E-state index is 11.2. The molecule has 1 aromatic rings. The van der Waals surface area contributed by atoms with Gasteiger partial charge in [0.25, 0.3) is 0 Å². The van der Waals surface area contributed by atoms with Gasteiger partial charge >= 0.3 is 0 Å². The van der Waals surface area contributed by atoms with E-state index in [2.05, 4.69) is 51.7 Å². The van der Waals surface area contributed by atoms with E-state index in [0.29, 0.717) is 19.5 Å². The van der Waals surface area contributed by atoms with Gasteiger partial charge in [-0.05, 0) is 31.0 Å². The van der Waals surface area contributed by atoms with Crippen molar-refractivity contribution >= 4 is 21.8 Å². The summed E-state index contributed by atoms with van der Waals surface area (Å²) in [7, 11) is 0. The van der Waals surface area contributed by atoms with Crippen LogP contribution < -0.4 is 10.6 Å². The van der Waals surface area contributed by atoms with Gasteiger partial charge < -0.3 is 10.6 Å². The Kier molecular flexibility index (Phi) is 6.22. The number of hydrogen-bond acceptors (Lipinski definition) is 2. The maximum atomic E-state index is 11.2. The highest BCUT2D eigenvalue weighted by atomic mass is 79.9. The second-order valence-electron chi connectivity index (χ2n) is 3.96. The van der Waals surface area contributed by atoms with Gasteiger partial charge in [0.1, 0.15) is 0 Å². The number of aryl methyl sites for hydroxylation is 1. The molecule has 0 unspecified atom stereocenters. The van der Waals surface area contributed by atoms with E-state index in [-0.39, 0.29) is 5.91 Å². The van der Waals surface area contributed by atoms with Gasteiger partial charge in [0.05, 0.1) is 0 Å². The smallest absolute Gasteiger partial charge is 0.221 e. The van der Waals surface area contributed by atoms with Crippen molar-refractivity contribution in [3.8, 4) is 0 Å². The first-order valence-corrected chi connectivity index (χ1v) is 6.65. The molecule has 0 aliphatic carbocycles. The van der Waals surface area contributed by atoms with E-state index in [0.717, 1.165) is 11.0 Å². The summed E-state index contributed by atoms with van der Waals surface area (Å²) in [6.45, 7) is 6.21. The topological polar surface area (TPSA) is 41.1 Å². The minimum absolute atomic E-state index is 0.104. The summed E-state index contributed by atoms with van der Waals surface area (Å²) in [5.41, 5.74) is 2.47. The number of hydrogen-bond donors (Lipinski definition) is 2. The van der Waals surface area contributed by atoms with E-state index in [9.17, 15) is 4.79 Å². The maximum Gasteiger partial charge on any atom is 0.221 e. The molecule has 1 amide bonds. The molecule has 0 aliphatic rings. The third-order valence-electron chi connectivity index (χ3n) is 2.45. The van der Waals surface area contributed by atoms with Crippen molar-refractivity contribution in [3.63, 3.8) is 0 Å². The van der Waals surface area contributed by atoms with Crippen LogP contribution in [0.5, 0.6) is 0 Å². The molecule has 0 fully saturated rings. The van der Waals surface area contributed by atoms with Crippen molar-refractivity contribution in [2.24, 2.45) is 0 Å². The van der Waals surface area contributed by atoms with Gasteiger partial charge in [-0.15, -0.1) is 0 Å². The van der Waals surface area contributed by atoms with Crippen molar-refractivity contribution in [1.82, 2.24) is 10.6 Å². The zero-order valence-electron chi connectivity index (χ0n) is 10.3. The van der Waals surface area contributed by atoms with E-state index in [1.807, 2.05) is 6.92 Å². The van der Waals surface area contributed by atoms with Gasteiger partial charge in [0.15, 0.2) is 0 Å². The Hall–Kier alpha value is -0.870. The van der Waals surface area contributed by atoms with Crippen LogP contribution in [0.1, 0.15) is 24.5 Å². The van der Waals surface area contributed by atoms with E-state index in [4.69, 9.17) is 0 Å². The highest BCUT2D eigenvalue weighted by Gasteiger charge is 2.00. The van der Waals surface area contributed by atoms with E-state index >= 15 is 0 Å². The lowest BCUT2D eigenvalue weighted by Crippen LogP contribution is -2.27. The quantitative estimate of drug-likeness (QED) is 0.792. The normalized spacial score (nSPS) is 10.3.